The highest BCUT2D eigenvalue weighted by molar-refractivity contribution is 4.65. The van der Waals surface area contributed by atoms with Gasteiger partial charge in [-0.15, -0.1) is 6.58 Å². The van der Waals surface area contributed by atoms with E-state index in [0.717, 1.165) is 13.0 Å². The molecule has 0 rings (SSSR count). The Morgan fingerprint density at radius 2 is 1.48 bits per heavy atom. The fourth-order valence-electron chi connectivity index (χ4n) is 2.14. The zero-order valence-corrected chi connectivity index (χ0v) is 13.9. The van der Waals surface area contributed by atoms with Gasteiger partial charge in [0.25, 0.3) is 0 Å². The summed E-state index contributed by atoms with van der Waals surface area (Å²) < 4.78 is 15.7. The van der Waals surface area contributed by atoms with Gasteiger partial charge in [0.2, 0.25) is 0 Å². The highest BCUT2D eigenvalue weighted by Gasteiger charge is 2.07. The van der Waals surface area contributed by atoms with Crippen molar-refractivity contribution >= 4 is 0 Å². The lowest BCUT2D eigenvalue weighted by atomic mass is 10.1. The molecule has 0 bridgehead atoms. The largest absolute Gasteiger partial charge is 0.379 e. The third-order valence-corrected chi connectivity index (χ3v) is 3.43. The minimum Gasteiger partial charge on any atom is -0.379 e. The molecule has 0 aromatic heterocycles. The highest BCUT2D eigenvalue weighted by Crippen LogP contribution is 2.09. The molecule has 0 fully saturated rings. The van der Waals surface area contributed by atoms with Gasteiger partial charge in [-0.3, -0.25) is 0 Å². The van der Waals surface area contributed by atoms with Crippen molar-refractivity contribution in [2.24, 2.45) is 0 Å². The molecule has 1 atom stereocenters. The maximum atomic E-state index is 5.57. The summed E-state index contributed by atoms with van der Waals surface area (Å²) in [7, 11) is 5.20. The first-order valence-electron chi connectivity index (χ1n) is 8.47. The molecule has 2 radical (unpaired) electrons. The Balaban J connectivity index is 3.20. The maximum Gasteiger partial charge on any atom is 0.116 e. The molecule has 3 nitrogen and oxygen atoms in total. The number of hydrogen-bond donors (Lipinski definition) is 0. The van der Waals surface area contributed by atoms with Crippen LogP contribution < -0.4 is 0 Å². The maximum absolute atomic E-state index is 5.57. The molecule has 0 aliphatic rings. The van der Waals surface area contributed by atoms with Gasteiger partial charge in [-0.2, -0.15) is 0 Å². The number of unbranched alkanes of at least 4 members (excludes halogenated alkanes) is 8. The number of hydrogen-bond acceptors (Lipinski definition) is 3. The first-order chi connectivity index (χ1) is 10.3. The molecule has 21 heavy (non-hydrogen) atoms. The lowest BCUT2D eigenvalue weighted by Crippen LogP contribution is -2.24. The van der Waals surface area contributed by atoms with Crippen molar-refractivity contribution in [3.8, 4) is 0 Å². The van der Waals surface area contributed by atoms with E-state index in [0.29, 0.717) is 19.8 Å². The molecule has 1 unspecified atom stereocenters. The zero-order chi connectivity index (χ0) is 15.6. The van der Waals surface area contributed by atoms with Crippen LogP contribution in [0, 0.1) is 7.11 Å². The lowest BCUT2D eigenvalue weighted by Gasteiger charge is -2.14. The molecule has 124 valence electrons. The molecule has 3 heteroatoms. The molecule has 0 aromatic rings. The Morgan fingerprint density at radius 1 is 0.905 bits per heavy atom. The van der Waals surface area contributed by atoms with E-state index in [1.54, 1.807) is 6.08 Å². The molecule has 0 spiro atoms. The third kappa shape index (κ3) is 15.8. The van der Waals surface area contributed by atoms with Crippen LogP contribution in [0.15, 0.2) is 12.7 Å². The molecular weight excluding hydrogens is 264 g/mol. The fourth-order valence-corrected chi connectivity index (χ4v) is 2.14. The van der Waals surface area contributed by atoms with Gasteiger partial charge in [-0.25, -0.2) is 0 Å². The summed E-state index contributed by atoms with van der Waals surface area (Å²) in [5, 5.41) is 0. The average Bonchev–Trinajstić information content (AvgIpc) is 2.51. The van der Waals surface area contributed by atoms with Crippen LogP contribution in [0.5, 0.6) is 0 Å². The van der Waals surface area contributed by atoms with Crippen molar-refractivity contribution in [1.29, 1.82) is 0 Å². The molecule has 0 N–H and O–H groups in total. The molecule has 0 saturated heterocycles. The molecule has 0 heterocycles. The SMILES string of the molecule is [CH]OC(COCC=C)COCCCCCCCCCCC. The van der Waals surface area contributed by atoms with Gasteiger partial charge < -0.3 is 14.2 Å². The molecule has 0 aromatic carbocycles. The van der Waals surface area contributed by atoms with Crippen molar-refractivity contribution in [1.82, 2.24) is 0 Å². The van der Waals surface area contributed by atoms with E-state index >= 15 is 0 Å². The van der Waals surface area contributed by atoms with Gasteiger partial charge in [0.1, 0.15) is 13.2 Å². The van der Waals surface area contributed by atoms with E-state index in [4.69, 9.17) is 21.3 Å². The molecule has 0 amide bonds. The lowest BCUT2D eigenvalue weighted by molar-refractivity contribution is -0.0234. The van der Waals surface area contributed by atoms with E-state index in [-0.39, 0.29) is 6.10 Å². The second kappa shape index (κ2) is 17.7. The Morgan fingerprint density at radius 3 is 2.05 bits per heavy atom. The molecule has 0 aliphatic carbocycles. The van der Waals surface area contributed by atoms with Crippen LogP contribution in [-0.4, -0.2) is 32.5 Å². The van der Waals surface area contributed by atoms with Gasteiger partial charge in [0, 0.05) is 6.61 Å². The fraction of sp³-hybridized carbons (Fsp3) is 0.833. The summed E-state index contributed by atoms with van der Waals surface area (Å²) in [4.78, 5) is 0. The van der Waals surface area contributed by atoms with Crippen LogP contribution in [0.4, 0.5) is 0 Å². The van der Waals surface area contributed by atoms with Gasteiger partial charge in [-0.05, 0) is 6.42 Å². The normalized spacial score (nSPS) is 12.5. The highest BCUT2D eigenvalue weighted by atomic mass is 16.6. The molecular formula is C18H34O3. The Bertz CT molecular complexity index is 207. The zero-order valence-electron chi connectivity index (χ0n) is 13.9. The number of rotatable bonds is 17. The Labute approximate surface area is 132 Å². The average molecular weight is 298 g/mol. The summed E-state index contributed by atoms with van der Waals surface area (Å²) in [6, 6.07) is 0. The van der Waals surface area contributed by atoms with Gasteiger partial charge in [0.15, 0.2) is 0 Å². The Kier molecular flexibility index (Phi) is 17.4. The standard InChI is InChI=1S/C18H34O3/c1-4-6-7-8-9-10-11-12-13-15-21-17-18(19-3)16-20-14-5-2/h3,5,18H,2,4,6-17H2,1H3. The van der Waals surface area contributed by atoms with Crippen LogP contribution in [0.1, 0.15) is 64.7 Å². The number of ether oxygens (including phenoxy) is 3. The Hall–Kier alpha value is -0.380. The van der Waals surface area contributed by atoms with Crippen molar-refractivity contribution in [2.45, 2.75) is 70.8 Å². The topological polar surface area (TPSA) is 27.7 Å². The molecule has 0 aliphatic heterocycles. The van der Waals surface area contributed by atoms with Crippen molar-refractivity contribution in [3.05, 3.63) is 19.8 Å². The predicted molar refractivity (Wildman–Crippen MR) is 88.2 cm³/mol. The van der Waals surface area contributed by atoms with E-state index in [2.05, 4.69) is 13.5 Å². The third-order valence-electron chi connectivity index (χ3n) is 3.43. The van der Waals surface area contributed by atoms with Gasteiger partial charge in [-0.1, -0.05) is 64.4 Å². The summed E-state index contributed by atoms with van der Waals surface area (Å²) >= 11 is 0. The van der Waals surface area contributed by atoms with Crippen LogP contribution in [-0.2, 0) is 14.2 Å². The van der Waals surface area contributed by atoms with Crippen LogP contribution in [0.25, 0.3) is 0 Å². The minimum atomic E-state index is -0.191. The van der Waals surface area contributed by atoms with Crippen molar-refractivity contribution in [3.63, 3.8) is 0 Å². The van der Waals surface area contributed by atoms with E-state index in [9.17, 15) is 0 Å². The monoisotopic (exact) mass is 298 g/mol. The van der Waals surface area contributed by atoms with Crippen LogP contribution in [0.3, 0.4) is 0 Å². The smallest absolute Gasteiger partial charge is 0.116 e. The minimum absolute atomic E-state index is 0.191. The second-order valence-corrected chi connectivity index (χ2v) is 5.49. The summed E-state index contributed by atoms with van der Waals surface area (Å²) in [5.41, 5.74) is 0. The summed E-state index contributed by atoms with van der Waals surface area (Å²) in [6.45, 7) is 8.06. The van der Waals surface area contributed by atoms with Crippen LogP contribution in [0.2, 0.25) is 0 Å². The van der Waals surface area contributed by atoms with E-state index < -0.39 is 0 Å². The van der Waals surface area contributed by atoms with Crippen molar-refractivity contribution < 1.29 is 14.2 Å². The summed E-state index contributed by atoms with van der Waals surface area (Å²) in [5.74, 6) is 0. The van der Waals surface area contributed by atoms with Crippen LogP contribution >= 0.6 is 0 Å². The van der Waals surface area contributed by atoms with E-state index in [1.807, 2.05) is 0 Å². The second-order valence-electron chi connectivity index (χ2n) is 5.49. The van der Waals surface area contributed by atoms with E-state index in [1.165, 1.54) is 51.4 Å². The van der Waals surface area contributed by atoms with Crippen molar-refractivity contribution in [2.75, 3.05) is 26.4 Å². The summed E-state index contributed by atoms with van der Waals surface area (Å²) in [6.07, 6.45) is 13.4. The first-order valence-corrected chi connectivity index (χ1v) is 8.47. The predicted octanol–water partition coefficient (Wildman–Crippen LogP) is 4.79. The van der Waals surface area contributed by atoms with Gasteiger partial charge in [0.05, 0.1) is 19.8 Å². The quantitative estimate of drug-likeness (QED) is 0.285. The first kappa shape index (κ1) is 20.6. The van der Waals surface area contributed by atoms with Gasteiger partial charge >= 0.3 is 0 Å². The molecule has 0 saturated carbocycles.